The molecule has 2 atom stereocenters. The van der Waals surface area contributed by atoms with Crippen LogP contribution in [0, 0.1) is 5.92 Å². The number of aromatic nitrogens is 4. The minimum atomic E-state index is 0.216. The molecular formula is C45H31N5. The van der Waals surface area contributed by atoms with Crippen LogP contribution in [0.25, 0.3) is 62.4 Å². The molecule has 0 fully saturated rings. The lowest BCUT2D eigenvalue weighted by atomic mass is 9.76. The van der Waals surface area contributed by atoms with Crippen molar-refractivity contribution in [3.8, 4) is 39.9 Å². The van der Waals surface area contributed by atoms with Gasteiger partial charge in [-0.1, -0.05) is 127 Å². The fourth-order valence-electron chi connectivity index (χ4n) is 7.74. The predicted molar refractivity (Wildman–Crippen MR) is 203 cm³/mol. The van der Waals surface area contributed by atoms with E-state index in [0.717, 1.165) is 22.4 Å². The Morgan fingerprint density at radius 2 is 1.12 bits per heavy atom. The Hall–Kier alpha value is -6.59. The van der Waals surface area contributed by atoms with Crippen molar-refractivity contribution in [2.45, 2.75) is 6.04 Å². The molecular weight excluding hydrogens is 611 g/mol. The number of fused-ring (bicyclic) bond motifs is 7. The number of hydrogen-bond donors (Lipinski definition) is 0. The van der Waals surface area contributed by atoms with Gasteiger partial charge in [-0.2, -0.15) is 0 Å². The van der Waals surface area contributed by atoms with Crippen molar-refractivity contribution in [2.24, 2.45) is 5.92 Å². The Morgan fingerprint density at radius 3 is 1.84 bits per heavy atom. The number of anilines is 1. The summed E-state index contributed by atoms with van der Waals surface area (Å²) >= 11 is 0. The summed E-state index contributed by atoms with van der Waals surface area (Å²) < 4.78 is 2.39. The maximum Gasteiger partial charge on any atom is 0.164 e. The molecule has 0 spiro atoms. The van der Waals surface area contributed by atoms with Crippen molar-refractivity contribution in [1.29, 1.82) is 0 Å². The Bertz CT molecular complexity index is 2480. The van der Waals surface area contributed by atoms with Gasteiger partial charge in [-0.05, 0) is 53.6 Å². The van der Waals surface area contributed by atoms with Crippen molar-refractivity contribution >= 4 is 28.2 Å². The highest BCUT2D eigenvalue weighted by Gasteiger charge is 2.39. The third-order valence-electron chi connectivity index (χ3n) is 10.0. The molecule has 7 aromatic rings. The van der Waals surface area contributed by atoms with Crippen molar-refractivity contribution in [2.75, 3.05) is 4.90 Å². The lowest BCUT2D eigenvalue weighted by Gasteiger charge is -2.37. The van der Waals surface area contributed by atoms with Crippen molar-refractivity contribution < 1.29 is 0 Å². The van der Waals surface area contributed by atoms with Crippen LogP contribution in [-0.2, 0) is 0 Å². The number of para-hydroxylation sites is 2. The molecule has 5 nitrogen and oxygen atoms in total. The summed E-state index contributed by atoms with van der Waals surface area (Å²) in [6.07, 6.45) is 13.9. The SMILES string of the molecule is C1=CN(c2ccccc2)C2C1=CC=C1c3c(n(-c4cccc(-c5nc(-c6ccccc6)nc(-c6ccccc6)n5)c4)c4ccccc34)C=CC12. The summed E-state index contributed by atoms with van der Waals surface area (Å²) in [5, 5.41) is 1.25. The van der Waals surface area contributed by atoms with Crippen LogP contribution in [0.5, 0.6) is 0 Å². The maximum atomic E-state index is 5.02. The van der Waals surface area contributed by atoms with Crippen LogP contribution in [-0.4, -0.2) is 25.6 Å². The van der Waals surface area contributed by atoms with Gasteiger partial charge in [0.15, 0.2) is 17.5 Å². The molecule has 236 valence electrons. The smallest absolute Gasteiger partial charge is 0.164 e. The molecule has 2 aromatic heterocycles. The average molecular weight is 642 g/mol. The molecule has 2 aliphatic carbocycles. The summed E-state index contributed by atoms with van der Waals surface area (Å²) in [5.41, 5.74) is 11.5. The van der Waals surface area contributed by atoms with E-state index in [-0.39, 0.29) is 12.0 Å². The van der Waals surface area contributed by atoms with Crippen LogP contribution in [0.4, 0.5) is 5.69 Å². The highest BCUT2D eigenvalue weighted by atomic mass is 15.2. The fraction of sp³-hybridized carbons (Fsp3) is 0.0444. The molecule has 0 saturated heterocycles. The second kappa shape index (κ2) is 11.5. The third-order valence-corrected chi connectivity index (χ3v) is 10.0. The first-order valence-electron chi connectivity index (χ1n) is 17.0. The van der Waals surface area contributed by atoms with E-state index in [1.807, 2.05) is 60.7 Å². The summed E-state index contributed by atoms with van der Waals surface area (Å²) in [6, 6.07) is 48.5. The monoisotopic (exact) mass is 641 g/mol. The lowest BCUT2D eigenvalue weighted by molar-refractivity contribution is 0.671. The van der Waals surface area contributed by atoms with Gasteiger partial charge in [0.25, 0.3) is 0 Å². The summed E-state index contributed by atoms with van der Waals surface area (Å²) in [6.45, 7) is 0. The van der Waals surface area contributed by atoms with E-state index in [0.29, 0.717) is 17.5 Å². The van der Waals surface area contributed by atoms with E-state index < -0.39 is 0 Å². The van der Waals surface area contributed by atoms with E-state index in [9.17, 15) is 0 Å². The molecule has 5 heteroatoms. The lowest BCUT2D eigenvalue weighted by Crippen LogP contribution is -2.37. The zero-order valence-electron chi connectivity index (χ0n) is 27.1. The summed E-state index contributed by atoms with van der Waals surface area (Å²) in [5.74, 6) is 2.17. The van der Waals surface area contributed by atoms with Gasteiger partial charge in [-0.3, -0.25) is 0 Å². The van der Waals surface area contributed by atoms with Gasteiger partial charge in [0, 0.05) is 51.1 Å². The Kier molecular flexibility index (Phi) is 6.56. The number of rotatable bonds is 5. The van der Waals surface area contributed by atoms with Gasteiger partial charge in [0.2, 0.25) is 0 Å². The first-order chi connectivity index (χ1) is 24.8. The quantitative estimate of drug-likeness (QED) is 0.188. The largest absolute Gasteiger partial charge is 0.340 e. The second-order valence-corrected chi connectivity index (χ2v) is 12.9. The topological polar surface area (TPSA) is 46.8 Å². The van der Waals surface area contributed by atoms with Gasteiger partial charge < -0.3 is 9.47 Å². The molecule has 0 amide bonds. The normalized spacial score (nSPS) is 17.2. The minimum Gasteiger partial charge on any atom is -0.340 e. The number of allylic oxidation sites excluding steroid dienone is 2. The molecule has 10 rings (SSSR count). The fourth-order valence-corrected chi connectivity index (χ4v) is 7.74. The van der Waals surface area contributed by atoms with Crippen LogP contribution >= 0.6 is 0 Å². The second-order valence-electron chi connectivity index (χ2n) is 12.9. The Labute approximate surface area is 290 Å². The first-order valence-corrected chi connectivity index (χ1v) is 17.0. The van der Waals surface area contributed by atoms with E-state index in [2.05, 4.69) is 125 Å². The zero-order chi connectivity index (χ0) is 33.0. The summed E-state index contributed by atoms with van der Waals surface area (Å²) in [7, 11) is 0. The van der Waals surface area contributed by atoms with E-state index >= 15 is 0 Å². The van der Waals surface area contributed by atoms with Crippen molar-refractivity contribution in [1.82, 2.24) is 19.5 Å². The number of nitrogens with zero attached hydrogens (tertiary/aromatic N) is 5. The Balaban J connectivity index is 1.11. The average Bonchev–Trinajstić information content (AvgIpc) is 3.79. The van der Waals surface area contributed by atoms with Crippen molar-refractivity contribution in [3.63, 3.8) is 0 Å². The van der Waals surface area contributed by atoms with Gasteiger partial charge >= 0.3 is 0 Å². The highest BCUT2D eigenvalue weighted by molar-refractivity contribution is 6.02. The van der Waals surface area contributed by atoms with Gasteiger partial charge in [0.05, 0.1) is 17.3 Å². The molecule has 3 aliphatic rings. The number of benzene rings is 5. The molecule has 3 heterocycles. The molecule has 1 aliphatic heterocycles. The van der Waals surface area contributed by atoms with Crippen LogP contribution in [0.2, 0.25) is 0 Å². The van der Waals surface area contributed by atoms with Gasteiger partial charge in [0.1, 0.15) is 0 Å². The third kappa shape index (κ3) is 4.59. The van der Waals surface area contributed by atoms with Gasteiger partial charge in [-0.15, -0.1) is 0 Å². The highest BCUT2D eigenvalue weighted by Crippen LogP contribution is 2.48. The molecule has 0 bridgehead atoms. The van der Waals surface area contributed by atoms with Crippen molar-refractivity contribution in [3.05, 3.63) is 187 Å². The molecule has 2 unspecified atom stereocenters. The molecule has 0 saturated carbocycles. The number of hydrogen-bond acceptors (Lipinski definition) is 4. The van der Waals surface area contributed by atoms with E-state index in [1.54, 1.807) is 0 Å². The van der Waals surface area contributed by atoms with Crippen LogP contribution in [0.1, 0.15) is 11.3 Å². The standard InChI is InChI=1S/C45H31N5/c1-4-13-31(14-5-1)43-46-44(32-15-6-2-7-16-32)48-45(47-43)33-17-12-20-35(29-33)50-39-22-11-10-21-38(39)41-36-24-23-30-27-28-49(34-18-8-3-9-19-34)42(30)37(36)25-26-40(41)50/h1-29,37,42H. The molecule has 0 N–H and O–H groups in total. The molecule has 5 aromatic carbocycles. The van der Waals surface area contributed by atoms with Crippen LogP contribution < -0.4 is 4.90 Å². The predicted octanol–water partition coefficient (Wildman–Crippen LogP) is 10.2. The zero-order valence-corrected chi connectivity index (χ0v) is 27.1. The first kappa shape index (κ1) is 28.4. The summed E-state index contributed by atoms with van der Waals surface area (Å²) in [4.78, 5) is 17.4. The molecule has 0 radical (unpaired) electrons. The van der Waals surface area contributed by atoms with E-state index in [1.165, 1.54) is 39.0 Å². The van der Waals surface area contributed by atoms with Crippen LogP contribution in [0.3, 0.4) is 0 Å². The molecule has 50 heavy (non-hydrogen) atoms. The maximum absolute atomic E-state index is 5.02. The van der Waals surface area contributed by atoms with Gasteiger partial charge in [-0.25, -0.2) is 15.0 Å². The van der Waals surface area contributed by atoms with E-state index in [4.69, 9.17) is 15.0 Å². The minimum absolute atomic E-state index is 0.216. The van der Waals surface area contributed by atoms with Crippen LogP contribution in [0.15, 0.2) is 176 Å². The Morgan fingerprint density at radius 1 is 0.520 bits per heavy atom.